The molecule has 0 radical (unpaired) electrons. The van der Waals surface area contributed by atoms with Gasteiger partial charge >= 0.3 is 6.09 Å². The number of carbonyl (C=O) groups is 1. The molecule has 1 aromatic carbocycles. The predicted molar refractivity (Wildman–Crippen MR) is 112 cm³/mol. The number of hydrogen-bond donors (Lipinski definition) is 0. The third-order valence-corrected chi connectivity index (χ3v) is 4.54. The van der Waals surface area contributed by atoms with Crippen LogP contribution in [-0.4, -0.2) is 36.2 Å². The Kier molecular flexibility index (Phi) is 4.82. The van der Waals surface area contributed by atoms with E-state index in [0.29, 0.717) is 22.2 Å². The maximum absolute atomic E-state index is 15.3. The smallest absolute Gasteiger partial charge is 0.435 e. The van der Waals surface area contributed by atoms with Crippen LogP contribution in [0.1, 0.15) is 20.8 Å². The van der Waals surface area contributed by atoms with E-state index < -0.39 is 17.5 Å². The maximum atomic E-state index is 15.3. The van der Waals surface area contributed by atoms with Crippen LogP contribution in [0.15, 0.2) is 42.9 Å². The van der Waals surface area contributed by atoms with Crippen LogP contribution < -0.4 is 0 Å². The third-order valence-electron chi connectivity index (χ3n) is 4.33. The van der Waals surface area contributed by atoms with Crippen molar-refractivity contribution in [1.29, 1.82) is 0 Å². The minimum atomic E-state index is -0.771. The maximum Gasteiger partial charge on any atom is 0.435 e. The van der Waals surface area contributed by atoms with Crippen LogP contribution in [0.3, 0.4) is 0 Å². The molecule has 0 aliphatic heterocycles. The third kappa shape index (κ3) is 3.78. The first-order chi connectivity index (χ1) is 14.1. The topological polar surface area (TPSA) is 74.8 Å². The van der Waals surface area contributed by atoms with E-state index in [1.807, 2.05) is 0 Å². The average molecular weight is 428 g/mol. The van der Waals surface area contributed by atoms with Crippen molar-refractivity contribution < 1.29 is 13.9 Å². The predicted octanol–water partition coefficient (Wildman–Crippen LogP) is 5.07. The summed E-state index contributed by atoms with van der Waals surface area (Å²) in [5, 5.41) is 9.23. The van der Waals surface area contributed by atoms with Gasteiger partial charge in [0.1, 0.15) is 27.8 Å². The molecule has 0 aliphatic rings. The van der Waals surface area contributed by atoms with E-state index in [2.05, 4.69) is 15.2 Å². The van der Waals surface area contributed by atoms with Crippen LogP contribution in [0.5, 0.6) is 0 Å². The number of aromatic nitrogens is 5. The lowest BCUT2D eigenvalue weighted by Crippen LogP contribution is -2.27. The molecule has 0 saturated heterocycles. The number of pyridine rings is 1. The molecule has 0 spiro atoms. The van der Waals surface area contributed by atoms with Gasteiger partial charge in [0.15, 0.2) is 0 Å². The van der Waals surface area contributed by atoms with E-state index in [9.17, 15) is 4.79 Å². The highest BCUT2D eigenvalue weighted by Crippen LogP contribution is 2.34. The first-order valence-corrected chi connectivity index (χ1v) is 9.57. The first-order valence-electron chi connectivity index (χ1n) is 9.19. The second-order valence-corrected chi connectivity index (χ2v) is 8.25. The molecule has 4 aromatic rings. The molecule has 4 rings (SSSR count). The molecule has 7 nitrogen and oxygen atoms in total. The van der Waals surface area contributed by atoms with Crippen molar-refractivity contribution in [3.8, 4) is 22.4 Å². The molecule has 0 fully saturated rings. The van der Waals surface area contributed by atoms with Crippen molar-refractivity contribution in [2.75, 3.05) is 0 Å². The van der Waals surface area contributed by atoms with Gasteiger partial charge in [-0.2, -0.15) is 14.9 Å². The average Bonchev–Trinajstić information content (AvgIpc) is 3.24. The van der Waals surface area contributed by atoms with Crippen LogP contribution in [0.25, 0.3) is 33.3 Å². The molecule has 30 heavy (non-hydrogen) atoms. The molecular formula is C21H19ClFN5O2. The standard InChI is InChI=1S/C21H19ClFN5O2/c1-21(2,3)30-20(29)28-19-15(18(26-28)12-5-6-24-17(22)9-12)7-13(8-16(19)23)14-10-25-27(4)11-14/h5-11H,1-4H3. The number of halogens is 2. The number of carbonyl (C=O) groups excluding carboxylic acids is 1. The summed E-state index contributed by atoms with van der Waals surface area (Å²) in [6.45, 7) is 5.20. The molecule has 3 aromatic heterocycles. The first kappa shape index (κ1) is 20.0. The summed E-state index contributed by atoms with van der Waals surface area (Å²) in [5.41, 5.74) is 1.61. The van der Waals surface area contributed by atoms with Crippen molar-refractivity contribution in [2.45, 2.75) is 26.4 Å². The lowest BCUT2D eigenvalue weighted by atomic mass is 10.0. The SMILES string of the molecule is Cn1cc(-c2cc(F)c3c(c2)c(-c2ccnc(Cl)c2)nn3C(=O)OC(C)(C)C)cn1. The largest absolute Gasteiger partial charge is 0.442 e. The molecule has 154 valence electrons. The van der Waals surface area contributed by atoms with Gasteiger partial charge in [0.2, 0.25) is 0 Å². The molecule has 9 heteroatoms. The second kappa shape index (κ2) is 7.21. The minimum absolute atomic E-state index is 0.0276. The highest BCUT2D eigenvalue weighted by Gasteiger charge is 2.25. The summed E-state index contributed by atoms with van der Waals surface area (Å²) >= 11 is 6.04. The van der Waals surface area contributed by atoms with E-state index in [-0.39, 0.29) is 10.7 Å². The minimum Gasteiger partial charge on any atom is -0.442 e. The molecule has 0 bridgehead atoms. The fraction of sp³-hybridized carbons (Fsp3) is 0.238. The van der Waals surface area contributed by atoms with Crippen LogP contribution in [0.4, 0.5) is 9.18 Å². The molecule has 0 amide bonds. The summed E-state index contributed by atoms with van der Waals surface area (Å²) in [7, 11) is 1.78. The number of hydrogen-bond acceptors (Lipinski definition) is 5. The lowest BCUT2D eigenvalue weighted by Gasteiger charge is -2.19. The van der Waals surface area contributed by atoms with E-state index in [4.69, 9.17) is 16.3 Å². The van der Waals surface area contributed by atoms with Gasteiger partial charge in [-0.3, -0.25) is 4.68 Å². The highest BCUT2D eigenvalue weighted by molar-refractivity contribution is 6.29. The molecule has 0 unspecified atom stereocenters. The van der Waals surface area contributed by atoms with Gasteiger partial charge in [0.25, 0.3) is 0 Å². The second-order valence-electron chi connectivity index (χ2n) is 7.86. The number of nitrogens with zero attached hydrogens (tertiary/aromatic N) is 5. The molecule has 0 N–H and O–H groups in total. The van der Waals surface area contributed by atoms with Crippen molar-refractivity contribution in [1.82, 2.24) is 24.5 Å². The Morgan fingerprint density at radius 2 is 1.93 bits per heavy atom. The van der Waals surface area contributed by atoms with Crippen LogP contribution >= 0.6 is 11.6 Å². The number of rotatable bonds is 2. The van der Waals surface area contributed by atoms with Gasteiger partial charge in [-0.05, 0) is 50.6 Å². The Bertz CT molecular complexity index is 1270. The number of ether oxygens (including phenoxy) is 1. The highest BCUT2D eigenvalue weighted by atomic mass is 35.5. The molecular weight excluding hydrogens is 409 g/mol. The monoisotopic (exact) mass is 427 g/mol. The zero-order chi connectivity index (χ0) is 21.6. The summed E-state index contributed by atoms with van der Waals surface area (Å²) in [4.78, 5) is 16.7. The Morgan fingerprint density at radius 1 is 1.17 bits per heavy atom. The number of benzene rings is 1. The Labute approximate surface area is 177 Å². The Hall–Kier alpha value is -3.26. The normalized spacial score (nSPS) is 11.8. The van der Waals surface area contributed by atoms with Crippen molar-refractivity contribution in [2.24, 2.45) is 7.05 Å². The van der Waals surface area contributed by atoms with Gasteiger partial charge < -0.3 is 4.74 Å². The van der Waals surface area contributed by atoms with Crippen LogP contribution in [0, 0.1) is 5.82 Å². The number of fused-ring (bicyclic) bond motifs is 1. The van der Waals surface area contributed by atoms with E-state index in [0.717, 1.165) is 10.2 Å². The molecule has 0 atom stereocenters. The zero-order valence-corrected chi connectivity index (χ0v) is 17.6. The Morgan fingerprint density at radius 3 is 2.57 bits per heavy atom. The summed E-state index contributed by atoms with van der Waals surface area (Å²) in [6, 6.07) is 6.43. The lowest BCUT2D eigenvalue weighted by molar-refractivity contribution is 0.0522. The van der Waals surface area contributed by atoms with E-state index in [1.165, 1.54) is 12.3 Å². The summed E-state index contributed by atoms with van der Waals surface area (Å²) in [6.07, 6.45) is 4.17. The van der Waals surface area contributed by atoms with Crippen LogP contribution in [0.2, 0.25) is 5.15 Å². The van der Waals surface area contributed by atoms with Crippen LogP contribution in [-0.2, 0) is 11.8 Å². The fourth-order valence-electron chi connectivity index (χ4n) is 3.14. The van der Waals surface area contributed by atoms with Gasteiger partial charge in [-0.1, -0.05) is 11.6 Å². The molecule has 0 saturated carbocycles. The van der Waals surface area contributed by atoms with Gasteiger partial charge in [-0.25, -0.2) is 14.2 Å². The van der Waals surface area contributed by atoms with Crippen molar-refractivity contribution in [3.63, 3.8) is 0 Å². The van der Waals surface area contributed by atoms with E-state index in [1.54, 1.807) is 63.1 Å². The van der Waals surface area contributed by atoms with Crippen molar-refractivity contribution >= 4 is 28.6 Å². The van der Waals surface area contributed by atoms with Gasteiger partial charge in [-0.15, -0.1) is 0 Å². The fourth-order valence-corrected chi connectivity index (χ4v) is 3.31. The quantitative estimate of drug-likeness (QED) is 0.417. The van der Waals surface area contributed by atoms with Gasteiger partial charge in [0.05, 0.1) is 6.20 Å². The molecule has 3 heterocycles. The summed E-state index contributed by atoms with van der Waals surface area (Å²) < 4.78 is 23.3. The van der Waals surface area contributed by atoms with Gasteiger partial charge in [0, 0.05) is 36.0 Å². The number of aryl methyl sites for hydroxylation is 1. The van der Waals surface area contributed by atoms with Crippen molar-refractivity contribution in [3.05, 3.63) is 53.8 Å². The summed E-state index contributed by atoms with van der Waals surface area (Å²) in [5.74, 6) is -0.601. The molecule has 0 aliphatic carbocycles. The van der Waals surface area contributed by atoms with E-state index >= 15 is 4.39 Å². The zero-order valence-electron chi connectivity index (χ0n) is 16.8. The Balaban J connectivity index is 1.98.